The maximum atomic E-state index is 11.6. The Bertz CT molecular complexity index is 208. The summed E-state index contributed by atoms with van der Waals surface area (Å²) in [6, 6.07) is 0.265. The SMILES string of the molecule is O=C(NC1CC(O)C1)N1CCCCC1. The molecule has 0 unspecified atom stereocenters. The van der Waals surface area contributed by atoms with Crippen LogP contribution in [-0.2, 0) is 0 Å². The lowest BCUT2D eigenvalue weighted by Crippen LogP contribution is -2.52. The fourth-order valence-corrected chi connectivity index (χ4v) is 2.07. The lowest BCUT2D eigenvalue weighted by molar-refractivity contribution is 0.0629. The summed E-state index contributed by atoms with van der Waals surface area (Å²) in [6.07, 6.45) is 4.74. The highest BCUT2D eigenvalue weighted by Gasteiger charge is 2.29. The van der Waals surface area contributed by atoms with Gasteiger partial charge in [0.1, 0.15) is 0 Å². The Labute approximate surface area is 84.3 Å². The molecule has 14 heavy (non-hydrogen) atoms. The van der Waals surface area contributed by atoms with Crippen LogP contribution in [0.2, 0.25) is 0 Å². The number of urea groups is 1. The van der Waals surface area contributed by atoms with Crippen molar-refractivity contribution in [1.82, 2.24) is 10.2 Å². The Morgan fingerprint density at radius 2 is 1.86 bits per heavy atom. The van der Waals surface area contributed by atoms with Crippen LogP contribution in [0.3, 0.4) is 0 Å². The number of aliphatic hydroxyl groups excluding tert-OH is 1. The topological polar surface area (TPSA) is 52.6 Å². The van der Waals surface area contributed by atoms with Gasteiger partial charge in [-0.2, -0.15) is 0 Å². The van der Waals surface area contributed by atoms with Crippen molar-refractivity contribution in [2.45, 2.75) is 44.2 Å². The van der Waals surface area contributed by atoms with Gasteiger partial charge in [0.05, 0.1) is 6.10 Å². The fraction of sp³-hybridized carbons (Fsp3) is 0.900. The van der Waals surface area contributed by atoms with Gasteiger partial charge in [0.2, 0.25) is 0 Å². The average molecular weight is 198 g/mol. The zero-order valence-electron chi connectivity index (χ0n) is 8.41. The van der Waals surface area contributed by atoms with Gasteiger partial charge >= 0.3 is 6.03 Å². The van der Waals surface area contributed by atoms with E-state index in [4.69, 9.17) is 5.11 Å². The third-order valence-electron chi connectivity index (χ3n) is 3.08. The van der Waals surface area contributed by atoms with E-state index in [1.165, 1.54) is 6.42 Å². The van der Waals surface area contributed by atoms with Gasteiger partial charge in [-0.1, -0.05) is 0 Å². The lowest BCUT2D eigenvalue weighted by atomic mass is 9.90. The molecule has 0 aromatic carbocycles. The fourth-order valence-electron chi connectivity index (χ4n) is 2.07. The number of hydrogen-bond donors (Lipinski definition) is 2. The molecule has 1 aliphatic carbocycles. The van der Waals surface area contributed by atoms with E-state index >= 15 is 0 Å². The highest BCUT2D eigenvalue weighted by atomic mass is 16.3. The summed E-state index contributed by atoms with van der Waals surface area (Å²) < 4.78 is 0. The van der Waals surface area contributed by atoms with Crippen molar-refractivity contribution in [1.29, 1.82) is 0 Å². The second-order valence-electron chi connectivity index (χ2n) is 4.32. The molecular weight excluding hydrogens is 180 g/mol. The number of nitrogens with one attached hydrogen (secondary N) is 1. The van der Waals surface area contributed by atoms with Gasteiger partial charge in [-0.15, -0.1) is 0 Å². The zero-order chi connectivity index (χ0) is 9.97. The van der Waals surface area contributed by atoms with Crippen molar-refractivity contribution >= 4 is 6.03 Å². The van der Waals surface area contributed by atoms with Crippen molar-refractivity contribution in [3.8, 4) is 0 Å². The maximum absolute atomic E-state index is 11.6. The van der Waals surface area contributed by atoms with Crippen molar-refractivity contribution in [2.75, 3.05) is 13.1 Å². The Balaban J connectivity index is 1.71. The second-order valence-corrected chi connectivity index (χ2v) is 4.32. The Morgan fingerprint density at radius 1 is 1.21 bits per heavy atom. The van der Waals surface area contributed by atoms with Crippen LogP contribution in [-0.4, -0.2) is 41.3 Å². The monoisotopic (exact) mass is 198 g/mol. The van der Waals surface area contributed by atoms with Gasteiger partial charge in [0, 0.05) is 19.1 Å². The van der Waals surface area contributed by atoms with Crippen molar-refractivity contribution < 1.29 is 9.90 Å². The van der Waals surface area contributed by atoms with Crippen LogP contribution in [0.25, 0.3) is 0 Å². The smallest absolute Gasteiger partial charge is 0.317 e. The van der Waals surface area contributed by atoms with Gasteiger partial charge in [-0.3, -0.25) is 0 Å². The van der Waals surface area contributed by atoms with Gasteiger partial charge in [0.25, 0.3) is 0 Å². The maximum Gasteiger partial charge on any atom is 0.317 e. The number of carbonyl (C=O) groups excluding carboxylic acids is 1. The van der Waals surface area contributed by atoms with Crippen LogP contribution >= 0.6 is 0 Å². The summed E-state index contributed by atoms with van der Waals surface area (Å²) in [5.41, 5.74) is 0. The Hall–Kier alpha value is -0.770. The first-order valence-electron chi connectivity index (χ1n) is 5.49. The quantitative estimate of drug-likeness (QED) is 0.652. The molecule has 1 heterocycles. The molecule has 0 radical (unpaired) electrons. The van der Waals surface area contributed by atoms with E-state index in [0.717, 1.165) is 38.8 Å². The molecule has 1 saturated carbocycles. The van der Waals surface area contributed by atoms with E-state index in [9.17, 15) is 4.79 Å². The van der Waals surface area contributed by atoms with Gasteiger partial charge in [-0.25, -0.2) is 4.79 Å². The minimum Gasteiger partial charge on any atom is -0.393 e. The van der Waals surface area contributed by atoms with E-state index < -0.39 is 0 Å². The molecule has 4 nitrogen and oxygen atoms in total. The van der Waals surface area contributed by atoms with E-state index in [-0.39, 0.29) is 18.2 Å². The highest BCUT2D eigenvalue weighted by Crippen LogP contribution is 2.20. The number of aliphatic hydroxyl groups is 1. The molecule has 1 aliphatic heterocycles. The van der Waals surface area contributed by atoms with Crippen molar-refractivity contribution in [3.63, 3.8) is 0 Å². The predicted octanol–water partition coefficient (Wildman–Crippen LogP) is 0.705. The van der Waals surface area contributed by atoms with Gasteiger partial charge < -0.3 is 15.3 Å². The lowest BCUT2D eigenvalue weighted by Gasteiger charge is -2.35. The second kappa shape index (κ2) is 4.17. The first-order valence-corrected chi connectivity index (χ1v) is 5.49. The molecule has 1 saturated heterocycles. The van der Waals surface area contributed by atoms with Crippen LogP contribution in [0.5, 0.6) is 0 Å². The number of hydrogen-bond acceptors (Lipinski definition) is 2. The first-order chi connectivity index (χ1) is 6.75. The van der Waals surface area contributed by atoms with Crippen LogP contribution in [0.15, 0.2) is 0 Å². The molecule has 2 amide bonds. The third-order valence-corrected chi connectivity index (χ3v) is 3.08. The predicted molar refractivity (Wildman–Crippen MR) is 53.0 cm³/mol. The molecule has 0 aromatic rings. The summed E-state index contributed by atoms with van der Waals surface area (Å²) >= 11 is 0. The van der Waals surface area contributed by atoms with Gasteiger partial charge in [0.15, 0.2) is 0 Å². The molecule has 4 heteroatoms. The molecule has 2 N–H and O–H groups in total. The zero-order valence-corrected chi connectivity index (χ0v) is 8.41. The molecule has 2 fully saturated rings. The minimum atomic E-state index is -0.193. The average Bonchev–Trinajstić information content (AvgIpc) is 2.17. The van der Waals surface area contributed by atoms with Crippen LogP contribution in [0.1, 0.15) is 32.1 Å². The number of piperidine rings is 1. The van der Waals surface area contributed by atoms with Gasteiger partial charge in [-0.05, 0) is 32.1 Å². The molecule has 0 aromatic heterocycles. The molecule has 0 bridgehead atoms. The molecule has 2 rings (SSSR count). The summed E-state index contributed by atoms with van der Waals surface area (Å²) in [7, 11) is 0. The standard InChI is InChI=1S/C10H18N2O2/c13-9-6-8(7-9)11-10(14)12-4-2-1-3-5-12/h8-9,13H,1-7H2,(H,11,14). The van der Waals surface area contributed by atoms with E-state index in [1.54, 1.807) is 0 Å². The van der Waals surface area contributed by atoms with Crippen LogP contribution < -0.4 is 5.32 Å². The Morgan fingerprint density at radius 3 is 2.43 bits per heavy atom. The van der Waals surface area contributed by atoms with E-state index in [2.05, 4.69) is 5.32 Å². The van der Waals surface area contributed by atoms with E-state index in [1.807, 2.05) is 4.90 Å². The summed E-state index contributed by atoms with van der Waals surface area (Å²) in [5.74, 6) is 0. The molecule has 80 valence electrons. The number of amides is 2. The number of rotatable bonds is 1. The third kappa shape index (κ3) is 2.18. The van der Waals surface area contributed by atoms with Crippen LogP contribution in [0.4, 0.5) is 4.79 Å². The normalized spacial score (nSPS) is 32.2. The minimum absolute atomic E-state index is 0.0570. The molecular formula is C10H18N2O2. The van der Waals surface area contributed by atoms with Crippen LogP contribution in [0, 0.1) is 0 Å². The summed E-state index contributed by atoms with van der Waals surface area (Å²) in [4.78, 5) is 13.5. The summed E-state index contributed by atoms with van der Waals surface area (Å²) in [5, 5.41) is 12.0. The molecule has 2 aliphatic rings. The number of carbonyl (C=O) groups is 1. The van der Waals surface area contributed by atoms with Crippen molar-refractivity contribution in [2.24, 2.45) is 0 Å². The number of nitrogens with zero attached hydrogens (tertiary/aromatic N) is 1. The van der Waals surface area contributed by atoms with E-state index in [0.29, 0.717) is 0 Å². The highest BCUT2D eigenvalue weighted by molar-refractivity contribution is 5.74. The van der Waals surface area contributed by atoms with Crippen molar-refractivity contribution in [3.05, 3.63) is 0 Å². The Kier molecular flexibility index (Phi) is 2.91. The molecule has 0 atom stereocenters. The first kappa shape index (κ1) is 9.77. The number of likely N-dealkylation sites (tertiary alicyclic amines) is 1. The summed E-state index contributed by atoms with van der Waals surface area (Å²) in [6.45, 7) is 1.78. The largest absolute Gasteiger partial charge is 0.393 e. The molecule has 0 spiro atoms.